The summed E-state index contributed by atoms with van der Waals surface area (Å²) in [6.07, 6.45) is 4.91. The molecule has 0 bridgehead atoms. The summed E-state index contributed by atoms with van der Waals surface area (Å²) in [5, 5.41) is 6.16. The van der Waals surface area contributed by atoms with Crippen molar-refractivity contribution in [2.24, 2.45) is 11.8 Å². The molecule has 168 valence electrons. The predicted octanol–water partition coefficient (Wildman–Crippen LogP) is 7.63. The van der Waals surface area contributed by atoms with Crippen molar-refractivity contribution in [1.82, 2.24) is 0 Å². The van der Waals surface area contributed by atoms with Crippen molar-refractivity contribution >= 4 is 44.8 Å². The Hall–Kier alpha value is -1.92. The highest BCUT2D eigenvalue weighted by molar-refractivity contribution is 8.76. The average molecular weight is 459 g/mol. The largest absolute Gasteiger partial charge is 0.325 e. The molecular weight excluding hydrogens is 424 g/mol. The zero-order chi connectivity index (χ0) is 22.6. The van der Waals surface area contributed by atoms with Gasteiger partial charge in [-0.05, 0) is 37.1 Å². The summed E-state index contributed by atoms with van der Waals surface area (Å²) in [6, 6.07) is 15.7. The summed E-state index contributed by atoms with van der Waals surface area (Å²) in [5.41, 5.74) is 1.65. The summed E-state index contributed by atoms with van der Waals surface area (Å²) in [7, 11) is 3.16. The molecule has 0 saturated heterocycles. The molecule has 2 N–H and O–H groups in total. The molecule has 4 nitrogen and oxygen atoms in total. The van der Waals surface area contributed by atoms with Gasteiger partial charge >= 0.3 is 0 Å². The number of anilines is 2. The van der Waals surface area contributed by atoms with Crippen molar-refractivity contribution in [3.05, 3.63) is 48.5 Å². The number of unbranched alkanes of at least 4 members (excludes halogenated alkanes) is 1. The third-order valence-electron chi connectivity index (χ3n) is 5.12. The van der Waals surface area contributed by atoms with E-state index in [9.17, 15) is 9.59 Å². The Balaban J connectivity index is 2.06. The molecule has 31 heavy (non-hydrogen) atoms. The Morgan fingerprint density at radius 2 is 1.19 bits per heavy atom. The van der Waals surface area contributed by atoms with Crippen molar-refractivity contribution in [1.29, 1.82) is 0 Å². The third kappa shape index (κ3) is 8.26. The number of hydrogen-bond donors (Lipinski definition) is 2. The molecule has 0 saturated carbocycles. The van der Waals surface area contributed by atoms with Gasteiger partial charge in [-0.25, -0.2) is 0 Å². The quantitative estimate of drug-likeness (QED) is 0.321. The van der Waals surface area contributed by atoms with Gasteiger partial charge < -0.3 is 10.6 Å². The highest BCUT2D eigenvalue weighted by Gasteiger charge is 2.16. The fourth-order valence-electron chi connectivity index (χ4n) is 3.09. The van der Waals surface area contributed by atoms with Gasteiger partial charge in [0.1, 0.15) is 0 Å². The lowest BCUT2D eigenvalue weighted by Gasteiger charge is -2.16. The van der Waals surface area contributed by atoms with Crippen LogP contribution in [0.3, 0.4) is 0 Å². The van der Waals surface area contributed by atoms with E-state index in [1.54, 1.807) is 21.6 Å². The first-order chi connectivity index (χ1) is 15.0. The first-order valence-corrected chi connectivity index (χ1v) is 13.3. The molecule has 0 aliphatic carbocycles. The van der Waals surface area contributed by atoms with E-state index in [0.29, 0.717) is 0 Å². The Morgan fingerprint density at radius 1 is 0.742 bits per heavy atom. The second-order valence-corrected chi connectivity index (χ2v) is 10.1. The Bertz CT molecular complexity index is 857. The molecular formula is C25H34N2O2S2. The Kier molecular flexibility index (Phi) is 11.0. The lowest BCUT2D eigenvalue weighted by molar-refractivity contribution is -0.120. The van der Waals surface area contributed by atoms with Crippen molar-refractivity contribution in [3.8, 4) is 0 Å². The highest BCUT2D eigenvalue weighted by atomic mass is 33.1. The fourth-order valence-corrected chi connectivity index (χ4v) is 5.37. The molecule has 2 unspecified atom stereocenters. The van der Waals surface area contributed by atoms with Crippen LogP contribution in [0, 0.1) is 11.8 Å². The second-order valence-electron chi connectivity index (χ2n) is 7.87. The van der Waals surface area contributed by atoms with Gasteiger partial charge in [0, 0.05) is 21.6 Å². The number of amides is 2. The minimum absolute atomic E-state index is 0.00768. The van der Waals surface area contributed by atoms with Gasteiger partial charge in [-0.15, -0.1) is 0 Å². The molecule has 2 aromatic rings. The third-order valence-corrected chi connectivity index (χ3v) is 7.60. The Labute approximate surface area is 194 Å². The van der Waals surface area contributed by atoms with Crippen LogP contribution in [0.1, 0.15) is 59.8 Å². The molecule has 2 rings (SSSR count). The molecule has 0 spiro atoms. The summed E-state index contributed by atoms with van der Waals surface area (Å²) >= 11 is 0. The number of nitrogens with one attached hydrogen (secondary N) is 2. The molecule has 0 aromatic heterocycles. The van der Waals surface area contributed by atoms with E-state index in [-0.39, 0.29) is 23.7 Å². The number of para-hydroxylation sites is 2. The van der Waals surface area contributed by atoms with Gasteiger partial charge in [0.25, 0.3) is 0 Å². The van der Waals surface area contributed by atoms with Crippen LogP contribution in [0.15, 0.2) is 58.3 Å². The van der Waals surface area contributed by atoms with Crippen LogP contribution in [0.25, 0.3) is 0 Å². The van der Waals surface area contributed by atoms with Gasteiger partial charge in [0.15, 0.2) is 0 Å². The maximum Gasteiger partial charge on any atom is 0.227 e. The molecule has 2 amide bonds. The standard InChI is InChI=1S/C25H34N2O2S2/c1-5-7-13-19(4)25(29)27-21-15-9-11-17-23(21)31-30-22-16-10-8-14-20(22)26-24(28)18(3)12-6-2/h8-11,14-19H,5-7,12-13H2,1-4H3,(H,26,28)(H,27,29). The number of benzene rings is 2. The molecule has 2 atom stereocenters. The molecule has 2 aromatic carbocycles. The van der Waals surface area contributed by atoms with E-state index in [4.69, 9.17) is 0 Å². The van der Waals surface area contributed by atoms with Crippen LogP contribution in [0.5, 0.6) is 0 Å². The lowest BCUT2D eigenvalue weighted by Crippen LogP contribution is -2.20. The number of carbonyl (C=O) groups is 2. The minimum Gasteiger partial charge on any atom is -0.325 e. The van der Waals surface area contributed by atoms with Crippen LogP contribution in [-0.4, -0.2) is 11.8 Å². The van der Waals surface area contributed by atoms with E-state index < -0.39 is 0 Å². The van der Waals surface area contributed by atoms with Crippen molar-refractivity contribution in [2.45, 2.75) is 69.6 Å². The summed E-state index contributed by atoms with van der Waals surface area (Å²) in [5.74, 6) is 0.0887. The average Bonchev–Trinajstić information content (AvgIpc) is 2.77. The monoisotopic (exact) mass is 458 g/mol. The van der Waals surface area contributed by atoms with Crippen LogP contribution in [0.2, 0.25) is 0 Å². The van der Waals surface area contributed by atoms with Gasteiger partial charge in [-0.1, -0.05) is 92.8 Å². The van der Waals surface area contributed by atoms with Crippen molar-refractivity contribution in [2.75, 3.05) is 10.6 Å². The number of hydrogen-bond acceptors (Lipinski definition) is 4. The summed E-state index contributed by atoms with van der Waals surface area (Å²) in [4.78, 5) is 27.0. The van der Waals surface area contributed by atoms with Gasteiger partial charge in [-0.3, -0.25) is 9.59 Å². The molecule has 0 aliphatic rings. The van der Waals surface area contributed by atoms with Crippen LogP contribution >= 0.6 is 21.6 Å². The summed E-state index contributed by atoms with van der Waals surface area (Å²) < 4.78 is 0. The highest BCUT2D eigenvalue weighted by Crippen LogP contribution is 2.43. The van der Waals surface area contributed by atoms with Gasteiger partial charge in [-0.2, -0.15) is 0 Å². The molecule has 0 heterocycles. The normalized spacial score (nSPS) is 12.8. The zero-order valence-electron chi connectivity index (χ0n) is 18.9. The Morgan fingerprint density at radius 3 is 1.65 bits per heavy atom. The van der Waals surface area contributed by atoms with Crippen LogP contribution in [0.4, 0.5) is 11.4 Å². The molecule has 0 fully saturated rings. The van der Waals surface area contributed by atoms with Gasteiger partial charge in [0.2, 0.25) is 11.8 Å². The first kappa shape index (κ1) is 25.3. The van der Waals surface area contributed by atoms with Crippen molar-refractivity contribution in [3.63, 3.8) is 0 Å². The van der Waals surface area contributed by atoms with E-state index >= 15 is 0 Å². The second kappa shape index (κ2) is 13.5. The summed E-state index contributed by atoms with van der Waals surface area (Å²) in [6.45, 7) is 8.17. The van der Waals surface area contributed by atoms with E-state index in [1.807, 2.05) is 62.4 Å². The number of carbonyl (C=O) groups excluding carboxylic acids is 2. The maximum atomic E-state index is 12.6. The van der Waals surface area contributed by atoms with E-state index in [0.717, 1.165) is 53.3 Å². The lowest BCUT2D eigenvalue weighted by atomic mass is 10.0. The van der Waals surface area contributed by atoms with Crippen molar-refractivity contribution < 1.29 is 9.59 Å². The van der Waals surface area contributed by atoms with Gasteiger partial charge in [0.05, 0.1) is 11.4 Å². The topological polar surface area (TPSA) is 58.2 Å². The molecule has 0 radical (unpaired) electrons. The zero-order valence-corrected chi connectivity index (χ0v) is 20.6. The van der Waals surface area contributed by atoms with E-state index in [1.165, 1.54) is 0 Å². The van der Waals surface area contributed by atoms with E-state index in [2.05, 4.69) is 24.5 Å². The maximum absolute atomic E-state index is 12.6. The smallest absolute Gasteiger partial charge is 0.227 e. The SMILES string of the molecule is CCCCC(C)C(=O)Nc1ccccc1SSc1ccccc1NC(=O)C(C)CCC. The predicted molar refractivity (Wildman–Crippen MR) is 135 cm³/mol. The fraction of sp³-hybridized carbons (Fsp3) is 0.440. The van der Waals surface area contributed by atoms with Crippen LogP contribution in [-0.2, 0) is 9.59 Å². The molecule has 0 aliphatic heterocycles. The number of rotatable bonds is 12. The van der Waals surface area contributed by atoms with Crippen LogP contribution < -0.4 is 10.6 Å². The molecule has 6 heteroatoms. The minimum atomic E-state index is -0.0126. The first-order valence-electron chi connectivity index (χ1n) is 11.1.